The Labute approximate surface area is 180 Å². The number of para-hydroxylation sites is 1. The Morgan fingerprint density at radius 1 is 0.742 bits per heavy atom. The van der Waals surface area contributed by atoms with Crippen molar-refractivity contribution >= 4 is 22.8 Å². The van der Waals surface area contributed by atoms with Gasteiger partial charge in [-0.05, 0) is 23.3 Å². The Bertz CT molecular complexity index is 1220. The number of nitrogens with zero attached hydrogens (tertiary/aromatic N) is 1. The van der Waals surface area contributed by atoms with Crippen molar-refractivity contribution < 1.29 is 9.59 Å². The van der Waals surface area contributed by atoms with Crippen molar-refractivity contribution in [1.29, 1.82) is 0 Å². The summed E-state index contributed by atoms with van der Waals surface area (Å²) in [4.78, 5) is 28.4. The van der Waals surface area contributed by atoms with Gasteiger partial charge in [0.25, 0.3) is 5.91 Å². The van der Waals surface area contributed by atoms with Crippen LogP contribution in [-0.2, 0) is 0 Å². The SMILES string of the molecule is NC(=O)NCCNC(=O)c1cc(-c2ccc(-c3ccccc3)cc2)nc2ccccc12. The molecule has 154 valence electrons. The van der Waals surface area contributed by atoms with Gasteiger partial charge in [0, 0.05) is 24.0 Å². The topological polar surface area (TPSA) is 97.1 Å². The summed E-state index contributed by atoms with van der Waals surface area (Å²) in [5, 5.41) is 6.05. The molecule has 0 saturated carbocycles. The predicted molar refractivity (Wildman–Crippen MR) is 123 cm³/mol. The lowest BCUT2D eigenvalue weighted by Gasteiger charge is -2.11. The molecule has 0 fully saturated rings. The second-order valence-corrected chi connectivity index (χ2v) is 7.06. The number of pyridine rings is 1. The third kappa shape index (κ3) is 4.70. The van der Waals surface area contributed by atoms with Crippen LogP contribution in [0.4, 0.5) is 4.79 Å². The summed E-state index contributed by atoms with van der Waals surface area (Å²) in [7, 11) is 0. The van der Waals surface area contributed by atoms with Crippen molar-refractivity contribution in [3.63, 3.8) is 0 Å². The van der Waals surface area contributed by atoms with E-state index in [1.165, 1.54) is 0 Å². The van der Waals surface area contributed by atoms with Gasteiger partial charge in [-0.25, -0.2) is 9.78 Å². The lowest BCUT2D eigenvalue weighted by atomic mass is 10.0. The standard InChI is InChI=1S/C25H22N4O2/c26-25(31)28-15-14-27-24(30)21-16-23(29-22-9-5-4-8-20(21)22)19-12-10-18(11-13-19)17-6-2-1-3-7-17/h1-13,16H,14-15H2,(H,27,30)(H3,26,28,31). The first-order valence-corrected chi connectivity index (χ1v) is 9.99. The summed E-state index contributed by atoms with van der Waals surface area (Å²) >= 11 is 0. The Kier molecular flexibility index (Phi) is 5.89. The minimum atomic E-state index is -0.621. The number of primary amides is 1. The lowest BCUT2D eigenvalue weighted by Crippen LogP contribution is -2.37. The van der Waals surface area contributed by atoms with Gasteiger partial charge in [-0.2, -0.15) is 0 Å². The van der Waals surface area contributed by atoms with Crippen molar-refractivity contribution in [2.75, 3.05) is 13.1 Å². The van der Waals surface area contributed by atoms with E-state index in [0.29, 0.717) is 5.56 Å². The maximum atomic E-state index is 12.8. The predicted octanol–water partition coefficient (Wildman–Crippen LogP) is 3.97. The highest BCUT2D eigenvalue weighted by molar-refractivity contribution is 6.07. The molecule has 1 heterocycles. The zero-order valence-electron chi connectivity index (χ0n) is 16.8. The molecule has 0 unspecified atom stereocenters. The number of aromatic nitrogens is 1. The fourth-order valence-electron chi connectivity index (χ4n) is 3.43. The maximum absolute atomic E-state index is 12.8. The number of nitrogens with one attached hydrogen (secondary N) is 2. The molecule has 4 rings (SSSR count). The molecule has 4 aromatic rings. The van der Waals surface area contributed by atoms with Crippen molar-refractivity contribution in [3.8, 4) is 22.4 Å². The smallest absolute Gasteiger partial charge is 0.312 e. The van der Waals surface area contributed by atoms with E-state index >= 15 is 0 Å². The van der Waals surface area contributed by atoms with Crippen LogP contribution in [0.15, 0.2) is 84.9 Å². The van der Waals surface area contributed by atoms with Gasteiger partial charge in [-0.15, -0.1) is 0 Å². The van der Waals surface area contributed by atoms with Crippen molar-refractivity contribution in [2.45, 2.75) is 0 Å². The minimum Gasteiger partial charge on any atom is -0.352 e. The summed E-state index contributed by atoms with van der Waals surface area (Å²) in [6, 6.07) is 27.0. The van der Waals surface area contributed by atoms with Crippen molar-refractivity contribution in [1.82, 2.24) is 15.6 Å². The zero-order valence-corrected chi connectivity index (χ0v) is 16.8. The van der Waals surface area contributed by atoms with Crippen LogP contribution in [0, 0.1) is 0 Å². The highest BCUT2D eigenvalue weighted by Crippen LogP contribution is 2.27. The number of hydrogen-bond donors (Lipinski definition) is 3. The van der Waals surface area contributed by atoms with Gasteiger partial charge in [-0.3, -0.25) is 4.79 Å². The van der Waals surface area contributed by atoms with E-state index in [0.717, 1.165) is 33.3 Å². The summed E-state index contributed by atoms with van der Waals surface area (Å²) in [6.07, 6.45) is 0. The summed E-state index contributed by atoms with van der Waals surface area (Å²) < 4.78 is 0. The number of fused-ring (bicyclic) bond motifs is 1. The maximum Gasteiger partial charge on any atom is 0.312 e. The Morgan fingerprint density at radius 3 is 2.10 bits per heavy atom. The van der Waals surface area contributed by atoms with Gasteiger partial charge in [0.1, 0.15) is 0 Å². The van der Waals surface area contributed by atoms with E-state index in [2.05, 4.69) is 34.9 Å². The fourth-order valence-corrected chi connectivity index (χ4v) is 3.43. The average molecular weight is 410 g/mol. The molecule has 0 atom stereocenters. The molecule has 0 aliphatic rings. The Morgan fingerprint density at radius 2 is 1.35 bits per heavy atom. The highest BCUT2D eigenvalue weighted by atomic mass is 16.2. The molecule has 0 aliphatic carbocycles. The molecule has 3 amide bonds. The summed E-state index contributed by atoms with van der Waals surface area (Å²) in [5.74, 6) is -0.230. The van der Waals surface area contributed by atoms with Gasteiger partial charge in [0.2, 0.25) is 0 Å². The summed E-state index contributed by atoms with van der Waals surface area (Å²) in [6.45, 7) is 0.539. The lowest BCUT2D eigenvalue weighted by molar-refractivity contribution is 0.0955. The number of rotatable bonds is 6. The molecule has 0 radical (unpaired) electrons. The second kappa shape index (κ2) is 9.09. The number of urea groups is 1. The van der Waals surface area contributed by atoms with Crippen LogP contribution in [0.25, 0.3) is 33.3 Å². The minimum absolute atomic E-state index is 0.230. The van der Waals surface area contributed by atoms with Gasteiger partial charge in [0.05, 0.1) is 16.8 Å². The van der Waals surface area contributed by atoms with E-state index in [1.807, 2.05) is 54.6 Å². The van der Waals surface area contributed by atoms with Gasteiger partial charge in [-0.1, -0.05) is 72.8 Å². The number of benzene rings is 3. The van der Waals surface area contributed by atoms with Crippen LogP contribution >= 0.6 is 0 Å². The highest BCUT2D eigenvalue weighted by Gasteiger charge is 2.14. The molecular formula is C25H22N4O2. The van der Waals surface area contributed by atoms with Crippen molar-refractivity contribution in [2.24, 2.45) is 5.73 Å². The normalized spacial score (nSPS) is 10.6. The number of amides is 3. The molecule has 31 heavy (non-hydrogen) atoms. The number of carbonyl (C=O) groups is 2. The Balaban J connectivity index is 1.64. The third-order valence-corrected chi connectivity index (χ3v) is 4.96. The van der Waals surface area contributed by atoms with E-state index in [1.54, 1.807) is 6.07 Å². The number of hydrogen-bond acceptors (Lipinski definition) is 3. The molecule has 1 aromatic heterocycles. The molecule has 6 nitrogen and oxygen atoms in total. The first-order chi connectivity index (χ1) is 15.1. The van der Waals surface area contributed by atoms with E-state index in [-0.39, 0.29) is 19.0 Å². The molecule has 3 aromatic carbocycles. The van der Waals surface area contributed by atoms with Crippen LogP contribution in [0.1, 0.15) is 10.4 Å². The third-order valence-electron chi connectivity index (χ3n) is 4.96. The molecule has 4 N–H and O–H groups in total. The molecule has 0 bridgehead atoms. The van der Waals surface area contributed by atoms with E-state index in [9.17, 15) is 9.59 Å². The molecule has 6 heteroatoms. The van der Waals surface area contributed by atoms with Crippen molar-refractivity contribution in [3.05, 3.63) is 90.5 Å². The Hall–Kier alpha value is -4.19. The average Bonchev–Trinajstić information content (AvgIpc) is 2.81. The molecular weight excluding hydrogens is 388 g/mol. The van der Waals surface area contributed by atoms with E-state index < -0.39 is 6.03 Å². The number of carbonyl (C=O) groups excluding carboxylic acids is 2. The van der Waals surface area contributed by atoms with Gasteiger partial charge < -0.3 is 16.4 Å². The second-order valence-electron chi connectivity index (χ2n) is 7.06. The van der Waals surface area contributed by atoms with Gasteiger partial charge in [0.15, 0.2) is 0 Å². The first-order valence-electron chi connectivity index (χ1n) is 9.99. The van der Waals surface area contributed by atoms with Crippen LogP contribution in [0.2, 0.25) is 0 Å². The van der Waals surface area contributed by atoms with Crippen LogP contribution in [-0.4, -0.2) is 30.0 Å². The molecule has 0 saturated heterocycles. The largest absolute Gasteiger partial charge is 0.352 e. The monoisotopic (exact) mass is 410 g/mol. The number of nitrogens with two attached hydrogens (primary N) is 1. The zero-order chi connectivity index (χ0) is 21.6. The first kappa shape index (κ1) is 20.1. The molecule has 0 aliphatic heterocycles. The van der Waals surface area contributed by atoms with Crippen LogP contribution < -0.4 is 16.4 Å². The molecule has 0 spiro atoms. The van der Waals surface area contributed by atoms with E-state index in [4.69, 9.17) is 10.7 Å². The quantitative estimate of drug-likeness (QED) is 0.420. The van der Waals surface area contributed by atoms with Crippen LogP contribution in [0.5, 0.6) is 0 Å². The fraction of sp³-hybridized carbons (Fsp3) is 0.0800. The van der Waals surface area contributed by atoms with Gasteiger partial charge >= 0.3 is 6.03 Å². The van der Waals surface area contributed by atoms with Crippen LogP contribution in [0.3, 0.4) is 0 Å². The summed E-state index contributed by atoms with van der Waals surface area (Å²) in [5.41, 5.74) is 10.2.